The van der Waals surface area contributed by atoms with Gasteiger partial charge in [0, 0.05) is 5.69 Å². The molecule has 0 aliphatic heterocycles. The Morgan fingerprint density at radius 1 is 1.24 bits per heavy atom. The first-order valence-corrected chi connectivity index (χ1v) is 6.77. The lowest BCUT2D eigenvalue weighted by Gasteiger charge is -2.13. The van der Waals surface area contributed by atoms with Crippen molar-refractivity contribution in [3.8, 4) is 5.75 Å². The highest BCUT2D eigenvalue weighted by Crippen LogP contribution is 2.22. The molecule has 2 rings (SSSR count). The van der Waals surface area contributed by atoms with Crippen LogP contribution in [0, 0.1) is 6.92 Å². The van der Waals surface area contributed by atoms with Crippen LogP contribution < -0.4 is 10.1 Å². The molecule has 2 aromatic rings. The molecular weight excluding hydrogens is 266 g/mol. The maximum Gasteiger partial charge on any atom is 0.227 e. The molecule has 0 fully saturated rings. The monoisotopic (exact) mass is 285 g/mol. The Morgan fingerprint density at radius 3 is 2.57 bits per heavy atom. The standard InChI is InChI=1S/C17H19NO3/c1-12-10-14(21-2)8-9-15(12)18-17(20)11-16(19)13-6-4-3-5-7-13/h3-10,16,19H,11H2,1-2H3,(H,18,20). The van der Waals surface area contributed by atoms with E-state index in [1.807, 2.05) is 31.2 Å². The minimum Gasteiger partial charge on any atom is -0.497 e. The number of methoxy groups -OCH3 is 1. The van der Waals surface area contributed by atoms with Crippen molar-refractivity contribution in [1.82, 2.24) is 0 Å². The first kappa shape index (κ1) is 15.1. The van der Waals surface area contributed by atoms with Crippen molar-refractivity contribution in [1.29, 1.82) is 0 Å². The molecule has 0 heterocycles. The Morgan fingerprint density at radius 2 is 1.95 bits per heavy atom. The summed E-state index contributed by atoms with van der Waals surface area (Å²) in [5.41, 5.74) is 2.37. The minimum absolute atomic E-state index is 0.0233. The number of amides is 1. The lowest BCUT2D eigenvalue weighted by Crippen LogP contribution is -2.16. The van der Waals surface area contributed by atoms with E-state index in [1.54, 1.807) is 31.4 Å². The van der Waals surface area contributed by atoms with Crippen LogP contribution in [0.5, 0.6) is 5.75 Å². The van der Waals surface area contributed by atoms with Gasteiger partial charge in [-0.1, -0.05) is 30.3 Å². The summed E-state index contributed by atoms with van der Waals surface area (Å²) in [7, 11) is 1.60. The van der Waals surface area contributed by atoms with Crippen molar-refractivity contribution in [2.45, 2.75) is 19.4 Å². The highest BCUT2D eigenvalue weighted by Gasteiger charge is 2.13. The zero-order valence-corrected chi connectivity index (χ0v) is 12.2. The van der Waals surface area contributed by atoms with Gasteiger partial charge in [-0.2, -0.15) is 0 Å². The molecular formula is C17H19NO3. The Hall–Kier alpha value is -2.33. The van der Waals surface area contributed by atoms with Gasteiger partial charge >= 0.3 is 0 Å². The number of hydrogen-bond acceptors (Lipinski definition) is 3. The number of ether oxygens (including phenoxy) is 1. The van der Waals surface area contributed by atoms with E-state index in [-0.39, 0.29) is 12.3 Å². The Bertz CT molecular complexity index is 611. The van der Waals surface area contributed by atoms with Gasteiger partial charge in [-0.05, 0) is 36.2 Å². The lowest BCUT2D eigenvalue weighted by molar-refractivity contribution is -0.118. The number of nitrogens with one attached hydrogen (secondary N) is 1. The molecule has 0 saturated heterocycles. The summed E-state index contributed by atoms with van der Waals surface area (Å²) in [5, 5.41) is 12.8. The summed E-state index contributed by atoms with van der Waals surface area (Å²) in [5.74, 6) is 0.523. The quantitative estimate of drug-likeness (QED) is 0.887. The van der Waals surface area contributed by atoms with Crippen LogP contribution in [0.25, 0.3) is 0 Å². The average Bonchev–Trinajstić information content (AvgIpc) is 2.50. The summed E-state index contributed by atoms with van der Waals surface area (Å²) in [6.45, 7) is 1.89. The zero-order valence-electron chi connectivity index (χ0n) is 12.2. The van der Waals surface area contributed by atoms with Gasteiger partial charge in [0.1, 0.15) is 5.75 Å². The van der Waals surface area contributed by atoms with Crippen molar-refractivity contribution in [2.24, 2.45) is 0 Å². The molecule has 2 N–H and O–H groups in total. The number of carbonyl (C=O) groups excluding carboxylic acids is 1. The number of carbonyl (C=O) groups is 1. The predicted molar refractivity (Wildman–Crippen MR) is 82.4 cm³/mol. The van der Waals surface area contributed by atoms with Gasteiger partial charge in [0.2, 0.25) is 5.91 Å². The Balaban J connectivity index is 1.99. The van der Waals surface area contributed by atoms with Crippen LogP contribution in [0.4, 0.5) is 5.69 Å². The van der Waals surface area contributed by atoms with E-state index in [9.17, 15) is 9.90 Å². The zero-order chi connectivity index (χ0) is 15.2. The van der Waals surface area contributed by atoms with Crippen LogP contribution in [0.1, 0.15) is 23.7 Å². The molecule has 0 aromatic heterocycles. The molecule has 0 aliphatic carbocycles. The van der Waals surface area contributed by atoms with E-state index in [0.29, 0.717) is 0 Å². The third-order valence-electron chi connectivity index (χ3n) is 3.27. The topological polar surface area (TPSA) is 58.6 Å². The summed E-state index contributed by atoms with van der Waals surface area (Å²) >= 11 is 0. The molecule has 4 nitrogen and oxygen atoms in total. The first-order chi connectivity index (χ1) is 10.1. The van der Waals surface area contributed by atoms with Crippen molar-refractivity contribution in [3.05, 3.63) is 59.7 Å². The highest BCUT2D eigenvalue weighted by atomic mass is 16.5. The highest BCUT2D eigenvalue weighted by molar-refractivity contribution is 5.91. The molecule has 0 aliphatic rings. The SMILES string of the molecule is COc1ccc(NC(=O)CC(O)c2ccccc2)c(C)c1. The molecule has 0 bridgehead atoms. The normalized spacial score (nSPS) is 11.8. The summed E-state index contributed by atoms with van der Waals surface area (Å²) in [4.78, 5) is 12.0. The number of rotatable bonds is 5. The fraction of sp³-hybridized carbons (Fsp3) is 0.235. The number of hydrogen-bond donors (Lipinski definition) is 2. The smallest absolute Gasteiger partial charge is 0.227 e. The minimum atomic E-state index is -0.801. The van der Waals surface area contributed by atoms with Crippen molar-refractivity contribution in [3.63, 3.8) is 0 Å². The first-order valence-electron chi connectivity index (χ1n) is 6.77. The Labute approximate surface area is 124 Å². The number of aryl methyl sites for hydroxylation is 1. The molecule has 1 unspecified atom stereocenters. The van der Waals surface area contributed by atoms with Gasteiger partial charge in [-0.25, -0.2) is 0 Å². The average molecular weight is 285 g/mol. The number of aliphatic hydroxyl groups is 1. The van der Waals surface area contributed by atoms with E-state index < -0.39 is 6.10 Å². The Kier molecular flexibility index (Phi) is 4.95. The van der Waals surface area contributed by atoms with E-state index in [0.717, 1.165) is 22.6 Å². The molecule has 1 amide bonds. The maximum absolute atomic E-state index is 12.0. The molecule has 0 spiro atoms. The van der Waals surface area contributed by atoms with Gasteiger partial charge in [0.05, 0.1) is 19.6 Å². The molecule has 2 aromatic carbocycles. The van der Waals surface area contributed by atoms with Crippen LogP contribution in [-0.2, 0) is 4.79 Å². The molecule has 1 atom stereocenters. The fourth-order valence-electron chi connectivity index (χ4n) is 2.07. The maximum atomic E-state index is 12.0. The van der Waals surface area contributed by atoms with Crippen LogP contribution in [0.2, 0.25) is 0 Å². The van der Waals surface area contributed by atoms with Gasteiger partial charge in [0.25, 0.3) is 0 Å². The molecule has 21 heavy (non-hydrogen) atoms. The molecule has 0 saturated carbocycles. The van der Waals surface area contributed by atoms with Crippen molar-refractivity contribution >= 4 is 11.6 Å². The summed E-state index contributed by atoms with van der Waals surface area (Å²) in [6, 6.07) is 14.6. The van der Waals surface area contributed by atoms with Crippen molar-refractivity contribution < 1.29 is 14.6 Å². The van der Waals surface area contributed by atoms with E-state index in [2.05, 4.69) is 5.32 Å². The van der Waals surface area contributed by atoms with Crippen LogP contribution in [-0.4, -0.2) is 18.1 Å². The summed E-state index contributed by atoms with van der Waals surface area (Å²) < 4.78 is 5.12. The third-order valence-corrected chi connectivity index (χ3v) is 3.27. The van der Waals surface area contributed by atoms with E-state index >= 15 is 0 Å². The predicted octanol–water partition coefficient (Wildman–Crippen LogP) is 3.07. The number of benzene rings is 2. The van der Waals surface area contributed by atoms with Crippen LogP contribution in [0.3, 0.4) is 0 Å². The van der Waals surface area contributed by atoms with Crippen molar-refractivity contribution in [2.75, 3.05) is 12.4 Å². The van der Waals surface area contributed by atoms with Gasteiger partial charge in [-0.15, -0.1) is 0 Å². The molecule has 4 heteroatoms. The van der Waals surface area contributed by atoms with Gasteiger partial charge in [-0.3, -0.25) is 4.79 Å². The van der Waals surface area contributed by atoms with Crippen LogP contribution in [0.15, 0.2) is 48.5 Å². The fourth-order valence-corrected chi connectivity index (χ4v) is 2.07. The van der Waals surface area contributed by atoms with Gasteiger partial charge in [0.15, 0.2) is 0 Å². The second-order valence-corrected chi connectivity index (χ2v) is 4.86. The largest absolute Gasteiger partial charge is 0.497 e. The number of aliphatic hydroxyl groups excluding tert-OH is 1. The third kappa shape index (κ3) is 4.07. The van der Waals surface area contributed by atoms with Gasteiger partial charge < -0.3 is 15.2 Å². The second kappa shape index (κ2) is 6.90. The molecule has 0 radical (unpaired) electrons. The number of anilines is 1. The van der Waals surface area contributed by atoms with E-state index in [1.165, 1.54) is 0 Å². The lowest BCUT2D eigenvalue weighted by atomic mass is 10.1. The van der Waals surface area contributed by atoms with Crippen LogP contribution >= 0.6 is 0 Å². The second-order valence-electron chi connectivity index (χ2n) is 4.86. The summed E-state index contributed by atoms with van der Waals surface area (Å²) in [6.07, 6.45) is -0.778. The van der Waals surface area contributed by atoms with E-state index in [4.69, 9.17) is 4.74 Å². The molecule has 110 valence electrons.